The highest BCUT2D eigenvalue weighted by Crippen LogP contribution is 2.31. The largest absolute Gasteiger partial charge is 0.573 e. The van der Waals surface area contributed by atoms with Crippen LogP contribution in [0.4, 0.5) is 19.0 Å². The van der Waals surface area contributed by atoms with E-state index in [9.17, 15) is 21.6 Å². The third-order valence-corrected chi connectivity index (χ3v) is 6.70. The van der Waals surface area contributed by atoms with Gasteiger partial charge in [0.2, 0.25) is 10.0 Å². The summed E-state index contributed by atoms with van der Waals surface area (Å²) in [5, 5.41) is 8.37. The molecule has 0 spiro atoms. The average molecular weight is 453 g/mol. The number of para-hydroxylation sites is 1. The fourth-order valence-electron chi connectivity index (χ4n) is 3.28. The fraction of sp³-hybridized carbons (Fsp3) is 0.263. The number of ether oxygens (including phenoxy) is 1. The molecule has 4 rings (SSSR count). The molecular formula is C19H18F3N5O3S. The van der Waals surface area contributed by atoms with Gasteiger partial charge in [-0.1, -0.05) is 12.1 Å². The topological polar surface area (TPSA) is 80.6 Å². The highest BCUT2D eigenvalue weighted by Gasteiger charge is 2.36. The van der Waals surface area contributed by atoms with Crippen LogP contribution in [0.25, 0.3) is 5.82 Å². The molecule has 0 aliphatic carbocycles. The molecule has 1 saturated heterocycles. The first-order valence-corrected chi connectivity index (χ1v) is 10.7. The Morgan fingerprint density at radius 3 is 2.06 bits per heavy atom. The molecule has 0 unspecified atom stereocenters. The van der Waals surface area contributed by atoms with Crippen LogP contribution in [0.1, 0.15) is 0 Å². The molecule has 31 heavy (non-hydrogen) atoms. The lowest BCUT2D eigenvalue weighted by molar-refractivity contribution is -0.275. The highest BCUT2D eigenvalue weighted by atomic mass is 32.2. The number of halogens is 3. The van der Waals surface area contributed by atoms with Crippen LogP contribution in [0.5, 0.6) is 5.75 Å². The van der Waals surface area contributed by atoms with Gasteiger partial charge in [-0.05, 0) is 36.4 Å². The minimum Gasteiger partial charge on any atom is -0.404 e. The Hall–Kier alpha value is -3.12. The quantitative estimate of drug-likeness (QED) is 0.591. The first kappa shape index (κ1) is 21.1. The number of anilines is 1. The van der Waals surface area contributed by atoms with Crippen molar-refractivity contribution in [2.75, 3.05) is 31.1 Å². The Morgan fingerprint density at radius 2 is 1.45 bits per heavy atom. The van der Waals surface area contributed by atoms with Crippen LogP contribution in [0.3, 0.4) is 0 Å². The van der Waals surface area contributed by atoms with Crippen molar-refractivity contribution in [2.24, 2.45) is 0 Å². The van der Waals surface area contributed by atoms with Crippen molar-refractivity contribution in [1.82, 2.24) is 19.1 Å². The zero-order chi connectivity index (χ0) is 22.1. The second kappa shape index (κ2) is 8.19. The molecule has 3 heterocycles. The van der Waals surface area contributed by atoms with Gasteiger partial charge in [-0.25, -0.2) is 8.42 Å². The molecular weight excluding hydrogens is 435 g/mol. The van der Waals surface area contributed by atoms with Gasteiger partial charge in [0.05, 0.1) is 0 Å². The Morgan fingerprint density at radius 1 is 0.839 bits per heavy atom. The molecule has 0 bridgehead atoms. The van der Waals surface area contributed by atoms with Crippen LogP contribution in [-0.4, -0.2) is 60.0 Å². The van der Waals surface area contributed by atoms with Gasteiger partial charge in [-0.15, -0.1) is 23.4 Å². The molecule has 1 aliphatic rings. The van der Waals surface area contributed by atoms with Crippen molar-refractivity contribution in [3.63, 3.8) is 0 Å². The zero-order valence-corrected chi connectivity index (χ0v) is 16.9. The lowest BCUT2D eigenvalue weighted by atomic mass is 10.3. The van der Waals surface area contributed by atoms with Crippen LogP contribution in [-0.2, 0) is 10.0 Å². The molecule has 12 heteroatoms. The summed E-state index contributed by atoms with van der Waals surface area (Å²) in [6, 6.07) is 12.1. The van der Waals surface area contributed by atoms with E-state index >= 15 is 0 Å². The number of sulfonamides is 1. The van der Waals surface area contributed by atoms with E-state index in [0.29, 0.717) is 24.7 Å². The molecule has 3 aromatic rings. The van der Waals surface area contributed by atoms with E-state index in [0.717, 1.165) is 16.4 Å². The van der Waals surface area contributed by atoms with Crippen molar-refractivity contribution in [2.45, 2.75) is 11.3 Å². The molecule has 0 radical (unpaired) electrons. The molecule has 0 amide bonds. The maximum Gasteiger partial charge on any atom is 0.573 e. The van der Waals surface area contributed by atoms with Crippen LogP contribution in [0.15, 0.2) is 65.8 Å². The van der Waals surface area contributed by atoms with E-state index in [1.54, 1.807) is 12.1 Å². The first-order valence-electron chi connectivity index (χ1n) is 9.31. The van der Waals surface area contributed by atoms with Gasteiger partial charge in [0.15, 0.2) is 11.6 Å². The van der Waals surface area contributed by atoms with Crippen molar-refractivity contribution in [3.8, 4) is 11.6 Å². The average Bonchev–Trinajstić information content (AvgIpc) is 3.28. The number of rotatable bonds is 5. The van der Waals surface area contributed by atoms with Crippen molar-refractivity contribution in [1.29, 1.82) is 0 Å². The summed E-state index contributed by atoms with van der Waals surface area (Å²) in [5.74, 6) is 0.494. The van der Waals surface area contributed by atoms with E-state index in [4.69, 9.17) is 0 Å². The van der Waals surface area contributed by atoms with Crippen molar-refractivity contribution in [3.05, 3.63) is 60.9 Å². The van der Waals surface area contributed by atoms with Crippen molar-refractivity contribution >= 4 is 15.8 Å². The number of benzene rings is 1. The summed E-state index contributed by atoms with van der Waals surface area (Å²) in [4.78, 5) is 1.35. The summed E-state index contributed by atoms with van der Waals surface area (Å²) in [6.07, 6.45) is -1.31. The smallest absolute Gasteiger partial charge is 0.404 e. The van der Waals surface area contributed by atoms with Crippen molar-refractivity contribution < 1.29 is 26.3 Å². The van der Waals surface area contributed by atoms with Crippen LogP contribution < -0.4 is 9.64 Å². The molecule has 2 aromatic heterocycles. The van der Waals surface area contributed by atoms with Gasteiger partial charge < -0.3 is 14.2 Å². The van der Waals surface area contributed by atoms with Crippen LogP contribution in [0, 0.1) is 0 Å². The normalized spacial score (nSPS) is 15.8. The molecule has 0 saturated carbocycles. The Balaban J connectivity index is 1.46. The van der Waals surface area contributed by atoms with Crippen LogP contribution >= 0.6 is 0 Å². The number of nitrogens with zero attached hydrogens (tertiary/aromatic N) is 5. The van der Waals surface area contributed by atoms with Crippen LogP contribution in [0.2, 0.25) is 0 Å². The number of piperazine rings is 1. The number of aromatic nitrogens is 3. The van der Waals surface area contributed by atoms with Gasteiger partial charge >= 0.3 is 6.36 Å². The van der Waals surface area contributed by atoms with E-state index in [1.165, 1.54) is 12.1 Å². The van der Waals surface area contributed by atoms with Gasteiger partial charge in [-0.2, -0.15) is 4.31 Å². The number of alkyl halides is 3. The monoisotopic (exact) mass is 453 g/mol. The maximum atomic E-state index is 12.9. The van der Waals surface area contributed by atoms with Gasteiger partial charge in [-0.3, -0.25) is 0 Å². The molecule has 1 fully saturated rings. The van der Waals surface area contributed by atoms with E-state index in [2.05, 4.69) is 14.9 Å². The minimum absolute atomic E-state index is 0.0870. The summed E-state index contributed by atoms with van der Waals surface area (Å²) < 4.78 is 70.7. The predicted molar refractivity (Wildman–Crippen MR) is 105 cm³/mol. The number of hydrogen-bond donors (Lipinski definition) is 0. The SMILES string of the molecule is O=S(=O)(c1ccccc1OC(F)(F)F)N1CCN(c2ccc(-n3cccc3)nn2)CC1. The summed E-state index contributed by atoms with van der Waals surface area (Å²) >= 11 is 0. The molecule has 1 aliphatic heterocycles. The molecule has 164 valence electrons. The van der Waals surface area contributed by atoms with Gasteiger partial charge in [0, 0.05) is 38.6 Å². The van der Waals surface area contributed by atoms with E-state index in [1.807, 2.05) is 34.0 Å². The molecule has 1 aromatic carbocycles. The lowest BCUT2D eigenvalue weighted by Gasteiger charge is -2.34. The van der Waals surface area contributed by atoms with E-state index in [-0.39, 0.29) is 13.1 Å². The molecule has 0 atom stereocenters. The molecule has 0 N–H and O–H groups in total. The number of hydrogen-bond acceptors (Lipinski definition) is 6. The Kier molecular flexibility index (Phi) is 5.58. The standard InChI is InChI=1S/C19H18F3N5O3S/c20-19(21,22)30-15-5-1-2-6-16(15)31(28,29)27-13-11-26(12-14-27)18-8-7-17(23-24-18)25-9-3-4-10-25/h1-10H,11-14H2. The molecule has 8 nitrogen and oxygen atoms in total. The highest BCUT2D eigenvalue weighted by molar-refractivity contribution is 7.89. The zero-order valence-electron chi connectivity index (χ0n) is 16.1. The second-order valence-corrected chi connectivity index (χ2v) is 8.63. The third kappa shape index (κ3) is 4.64. The van der Waals surface area contributed by atoms with Gasteiger partial charge in [0.1, 0.15) is 10.6 Å². The lowest BCUT2D eigenvalue weighted by Crippen LogP contribution is -2.49. The first-order chi connectivity index (χ1) is 14.7. The van der Waals surface area contributed by atoms with Gasteiger partial charge in [0.25, 0.3) is 0 Å². The Bertz CT molecular complexity index is 1130. The summed E-state index contributed by atoms with van der Waals surface area (Å²) in [5.41, 5.74) is 0. The maximum absolute atomic E-state index is 12.9. The minimum atomic E-state index is -4.99. The Labute approximate surface area is 176 Å². The fourth-order valence-corrected chi connectivity index (χ4v) is 4.82. The summed E-state index contributed by atoms with van der Waals surface area (Å²) in [7, 11) is -4.16. The summed E-state index contributed by atoms with van der Waals surface area (Å²) in [6.45, 7) is 0.811. The second-order valence-electron chi connectivity index (χ2n) is 6.73. The van der Waals surface area contributed by atoms with E-state index < -0.39 is 27.0 Å². The predicted octanol–water partition coefficient (Wildman–Crippen LogP) is 2.68. The third-order valence-electron chi connectivity index (χ3n) is 4.76.